The summed E-state index contributed by atoms with van der Waals surface area (Å²) in [4.78, 5) is 12.6. The number of ether oxygens (including phenoxy) is 3. The molecule has 0 spiro atoms. The number of nitriles is 1. The number of carbonyl (C=O) groups is 1. The normalized spacial score (nSPS) is 10.8. The lowest BCUT2D eigenvalue weighted by Gasteiger charge is -2.09. The number of rotatable bonds is 6. The Kier molecular flexibility index (Phi) is 6.46. The standard InChI is InChI=1S/C24H18FNO4/c1-28-20-12-17(13-21(14-20)29-2)24(27)30-19-7-5-6-16(11-19)10-18(15-26)22-8-3-4-9-23(22)25/h3-14H,1-2H3/b18-10-. The summed E-state index contributed by atoms with van der Waals surface area (Å²) in [6.45, 7) is 0. The maximum atomic E-state index is 14.0. The van der Waals surface area contributed by atoms with Gasteiger partial charge in [-0.2, -0.15) is 5.26 Å². The molecule has 0 aliphatic heterocycles. The Morgan fingerprint density at radius 2 is 1.63 bits per heavy atom. The minimum atomic E-state index is -0.594. The van der Waals surface area contributed by atoms with E-state index in [1.165, 1.54) is 32.4 Å². The molecule has 3 aromatic carbocycles. The van der Waals surface area contributed by atoms with Crippen LogP contribution in [0.1, 0.15) is 21.5 Å². The summed E-state index contributed by atoms with van der Waals surface area (Å²) in [5.74, 6) is 0.118. The summed E-state index contributed by atoms with van der Waals surface area (Å²) in [5, 5.41) is 9.43. The molecule has 0 atom stereocenters. The van der Waals surface area contributed by atoms with Gasteiger partial charge in [-0.25, -0.2) is 9.18 Å². The lowest BCUT2D eigenvalue weighted by Crippen LogP contribution is -2.09. The Morgan fingerprint density at radius 1 is 0.933 bits per heavy atom. The molecule has 3 aromatic rings. The maximum absolute atomic E-state index is 14.0. The van der Waals surface area contributed by atoms with Gasteiger partial charge < -0.3 is 14.2 Å². The Hall–Kier alpha value is -4.11. The van der Waals surface area contributed by atoms with Crippen LogP contribution in [-0.4, -0.2) is 20.2 Å². The summed E-state index contributed by atoms with van der Waals surface area (Å²) in [6.07, 6.45) is 1.53. The zero-order valence-corrected chi connectivity index (χ0v) is 16.4. The van der Waals surface area contributed by atoms with E-state index in [9.17, 15) is 14.4 Å². The van der Waals surface area contributed by atoms with E-state index in [2.05, 4.69) is 0 Å². The first kappa shape index (κ1) is 20.6. The minimum absolute atomic E-state index is 0.161. The summed E-state index contributed by atoms with van der Waals surface area (Å²) in [7, 11) is 2.98. The number of hydrogen-bond acceptors (Lipinski definition) is 5. The van der Waals surface area contributed by atoms with Crippen LogP contribution in [0.2, 0.25) is 0 Å². The number of benzene rings is 3. The van der Waals surface area contributed by atoms with E-state index >= 15 is 0 Å². The topological polar surface area (TPSA) is 68.6 Å². The third-order valence-corrected chi connectivity index (χ3v) is 4.25. The molecule has 0 fully saturated rings. The second-order valence-electron chi connectivity index (χ2n) is 6.21. The Balaban J connectivity index is 1.86. The van der Waals surface area contributed by atoms with Crippen molar-refractivity contribution >= 4 is 17.6 Å². The lowest BCUT2D eigenvalue weighted by atomic mass is 10.0. The van der Waals surface area contributed by atoms with Gasteiger partial charge in [0, 0.05) is 11.6 Å². The number of carbonyl (C=O) groups excluding carboxylic acids is 1. The molecule has 6 heteroatoms. The third kappa shape index (κ3) is 4.83. The summed E-state index contributed by atoms with van der Waals surface area (Å²) in [6, 6.07) is 19.4. The van der Waals surface area contributed by atoms with Crippen molar-refractivity contribution in [1.29, 1.82) is 5.26 Å². The first-order chi connectivity index (χ1) is 14.5. The van der Waals surface area contributed by atoms with E-state index in [0.717, 1.165) is 0 Å². The molecule has 150 valence electrons. The molecule has 0 unspecified atom stereocenters. The summed E-state index contributed by atoms with van der Waals surface area (Å²) in [5.41, 5.74) is 1.21. The molecule has 0 aliphatic rings. The zero-order chi connectivity index (χ0) is 21.5. The molecule has 0 saturated heterocycles. The average molecular weight is 403 g/mol. The highest BCUT2D eigenvalue weighted by Crippen LogP contribution is 2.25. The number of hydrogen-bond donors (Lipinski definition) is 0. The van der Waals surface area contributed by atoms with Gasteiger partial charge in [0.15, 0.2) is 0 Å². The van der Waals surface area contributed by atoms with Crippen LogP contribution in [0.4, 0.5) is 4.39 Å². The van der Waals surface area contributed by atoms with Crippen LogP contribution >= 0.6 is 0 Å². The van der Waals surface area contributed by atoms with Crippen LogP contribution in [0.3, 0.4) is 0 Å². The molecule has 0 N–H and O–H groups in total. The number of methoxy groups -OCH3 is 2. The number of nitrogens with zero attached hydrogens (tertiary/aromatic N) is 1. The van der Waals surface area contributed by atoms with Crippen LogP contribution in [0.5, 0.6) is 17.2 Å². The van der Waals surface area contributed by atoms with E-state index in [0.29, 0.717) is 17.1 Å². The Bertz CT molecular complexity index is 1130. The number of allylic oxidation sites excluding steroid dienone is 1. The van der Waals surface area contributed by atoms with Gasteiger partial charge >= 0.3 is 5.97 Å². The fraction of sp³-hybridized carbons (Fsp3) is 0.0833. The van der Waals surface area contributed by atoms with Crippen molar-refractivity contribution in [3.63, 3.8) is 0 Å². The largest absolute Gasteiger partial charge is 0.497 e. The predicted molar refractivity (Wildman–Crippen MR) is 111 cm³/mol. The van der Waals surface area contributed by atoms with Crippen LogP contribution in [0.25, 0.3) is 11.6 Å². The van der Waals surface area contributed by atoms with Crippen LogP contribution < -0.4 is 14.2 Å². The first-order valence-corrected chi connectivity index (χ1v) is 8.96. The molecule has 0 aliphatic carbocycles. The molecular weight excluding hydrogens is 385 g/mol. The average Bonchev–Trinajstić information content (AvgIpc) is 2.77. The van der Waals surface area contributed by atoms with Crippen molar-refractivity contribution in [1.82, 2.24) is 0 Å². The van der Waals surface area contributed by atoms with Crippen molar-refractivity contribution in [2.45, 2.75) is 0 Å². The smallest absolute Gasteiger partial charge is 0.343 e. The van der Waals surface area contributed by atoms with Gasteiger partial charge in [0.05, 0.1) is 31.4 Å². The molecule has 0 heterocycles. The second kappa shape index (κ2) is 9.39. The van der Waals surface area contributed by atoms with Gasteiger partial charge in [-0.15, -0.1) is 0 Å². The number of esters is 1. The monoisotopic (exact) mass is 403 g/mol. The van der Waals surface area contributed by atoms with Gasteiger partial charge in [-0.05, 0) is 42.0 Å². The van der Waals surface area contributed by atoms with Crippen molar-refractivity contribution in [3.8, 4) is 23.3 Å². The van der Waals surface area contributed by atoms with Crippen molar-refractivity contribution in [2.75, 3.05) is 14.2 Å². The molecule has 0 saturated carbocycles. The van der Waals surface area contributed by atoms with E-state index < -0.39 is 11.8 Å². The minimum Gasteiger partial charge on any atom is -0.497 e. The molecule has 30 heavy (non-hydrogen) atoms. The van der Waals surface area contributed by atoms with Crippen molar-refractivity contribution in [3.05, 3.63) is 89.2 Å². The molecule has 0 bridgehead atoms. The van der Waals surface area contributed by atoms with Gasteiger partial charge in [-0.1, -0.05) is 30.3 Å². The lowest BCUT2D eigenvalue weighted by molar-refractivity contribution is 0.0734. The highest BCUT2D eigenvalue weighted by atomic mass is 19.1. The molecule has 5 nitrogen and oxygen atoms in total. The molecule has 3 rings (SSSR count). The fourth-order valence-electron chi connectivity index (χ4n) is 2.78. The van der Waals surface area contributed by atoms with E-state index in [-0.39, 0.29) is 22.4 Å². The van der Waals surface area contributed by atoms with Crippen LogP contribution in [0.15, 0.2) is 66.7 Å². The van der Waals surface area contributed by atoms with Crippen LogP contribution in [0, 0.1) is 17.1 Å². The highest BCUT2D eigenvalue weighted by molar-refractivity contribution is 5.93. The summed E-state index contributed by atoms with van der Waals surface area (Å²) < 4.78 is 29.8. The fourth-order valence-corrected chi connectivity index (χ4v) is 2.78. The molecule has 0 radical (unpaired) electrons. The van der Waals surface area contributed by atoms with E-state index in [1.807, 2.05) is 6.07 Å². The Morgan fingerprint density at radius 3 is 2.27 bits per heavy atom. The SMILES string of the molecule is COc1cc(OC)cc(C(=O)Oc2cccc(/C=C(/C#N)c3ccccc3F)c2)c1. The first-order valence-electron chi connectivity index (χ1n) is 8.96. The van der Waals surface area contributed by atoms with E-state index in [1.54, 1.807) is 54.6 Å². The van der Waals surface area contributed by atoms with E-state index in [4.69, 9.17) is 14.2 Å². The van der Waals surface area contributed by atoms with Gasteiger partial charge in [0.25, 0.3) is 0 Å². The predicted octanol–water partition coefficient (Wildman–Crippen LogP) is 5.13. The highest BCUT2D eigenvalue weighted by Gasteiger charge is 2.13. The van der Waals surface area contributed by atoms with Gasteiger partial charge in [0.1, 0.15) is 23.1 Å². The van der Waals surface area contributed by atoms with Crippen molar-refractivity contribution < 1.29 is 23.4 Å². The summed E-state index contributed by atoms with van der Waals surface area (Å²) >= 11 is 0. The quantitative estimate of drug-likeness (QED) is 0.247. The molecule has 0 amide bonds. The second-order valence-corrected chi connectivity index (χ2v) is 6.21. The van der Waals surface area contributed by atoms with Gasteiger partial charge in [0.2, 0.25) is 0 Å². The Labute approximate surface area is 173 Å². The number of halogens is 1. The van der Waals surface area contributed by atoms with Crippen LogP contribution in [-0.2, 0) is 0 Å². The molecule has 0 aromatic heterocycles. The maximum Gasteiger partial charge on any atom is 0.343 e. The van der Waals surface area contributed by atoms with Gasteiger partial charge in [-0.3, -0.25) is 0 Å². The molecular formula is C24H18FNO4. The zero-order valence-electron chi connectivity index (χ0n) is 16.4. The van der Waals surface area contributed by atoms with Crippen molar-refractivity contribution in [2.24, 2.45) is 0 Å². The third-order valence-electron chi connectivity index (χ3n) is 4.25.